The molecule has 1 aromatic carbocycles. The van der Waals surface area contributed by atoms with Crippen molar-refractivity contribution in [2.24, 2.45) is 17.8 Å². The zero-order chi connectivity index (χ0) is 17.9. The van der Waals surface area contributed by atoms with Crippen LogP contribution in [0, 0.1) is 24.7 Å². The van der Waals surface area contributed by atoms with Gasteiger partial charge in [0, 0.05) is 5.02 Å². The summed E-state index contributed by atoms with van der Waals surface area (Å²) in [5, 5.41) is 0.444. The standard InChI is InChI=1S/C12H20.C7H7ClO3S/c1-9(2)3-8-12-10-4-5-11(12)7-6-10;1-5-4-6(8)2-3-7(5)12(9,10)11/h8-11H,3-7H2,1-2H3;2-4H,1H3,(H,9,10,11). The highest BCUT2D eigenvalue weighted by Crippen LogP contribution is 2.49. The molecule has 0 heterocycles. The van der Waals surface area contributed by atoms with Crippen molar-refractivity contribution in [2.75, 3.05) is 0 Å². The van der Waals surface area contributed by atoms with E-state index in [0.29, 0.717) is 10.6 Å². The van der Waals surface area contributed by atoms with Crippen LogP contribution in [0.1, 0.15) is 51.5 Å². The Hall–Kier alpha value is -0.840. The molecule has 0 atom stereocenters. The average Bonchev–Trinajstić information content (AvgIpc) is 3.03. The number of hydrogen-bond donors (Lipinski definition) is 1. The number of fused-ring (bicyclic) bond motifs is 2. The molecule has 2 aliphatic carbocycles. The molecule has 0 radical (unpaired) electrons. The molecule has 2 bridgehead atoms. The molecule has 5 heteroatoms. The first kappa shape index (κ1) is 19.5. The number of benzene rings is 1. The van der Waals surface area contributed by atoms with Gasteiger partial charge >= 0.3 is 0 Å². The van der Waals surface area contributed by atoms with Crippen molar-refractivity contribution in [1.29, 1.82) is 0 Å². The molecule has 0 aliphatic heterocycles. The lowest BCUT2D eigenvalue weighted by Gasteiger charge is -2.05. The molecule has 3 rings (SSSR count). The fourth-order valence-corrected chi connectivity index (χ4v) is 4.63. The molecule has 3 nitrogen and oxygen atoms in total. The third-order valence-corrected chi connectivity index (χ3v) is 6.16. The van der Waals surface area contributed by atoms with E-state index in [2.05, 4.69) is 19.9 Å². The number of hydrogen-bond acceptors (Lipinski definition) is 2. The van der Waals surface area contributed by atoms with Gasteiger partial charge in [0.25, 0.3) is 10.1 Å². The normalized spacial score (nSPS) is 22.5. The molecule has 24 heavy (non-hydrogen) atoms. The van der Waals surface area contributed by atoms with E-state index in [1.165, 1.54) is 50.3 Å². The first-order chi connectivity index (χ1) is 11.2. The summed E-state index contributed by atoms with van der Waals surface area (Å²) in [5.74, 6) is 2.86. The summed E-state index contributed by atoms with van der Waals surface area (Å²) in [6.07, 6.45) is 9.84. The van der Waals surface area contributed by atoms with Crippen LogP contribution in [0.15, 0.2) is 34.7 Å². The third-order valence-electron chi connectivity index (χ3n) is 4.91. The molecule has 2 saturated carbocycles. The smallest absolute Gasteiger partial charge is 0.282 e. The van der Waals surface area contributed by atoms with Crippen LogP contribution >= 0.6 is 11.6 Å². The van der Waals surface area contributed by atoms with E-state index < -0.39 is 10.1 Å². The predicted octanol–water partition coefficient (Wildman–Crippen LogP) is 5.67. The Morgan fingerprint density at radius 3 is 2.17 bits per heavy atom. The lowest BCUT2D eigenvalue weighted by Crippen LogP contribution is -2.00. The first-order valence-electron chi connectivity index (χ1n) is 8.62. The molecule has 0 amide bonds. The quantitative estimate of drug-likeness (QED) is 0.550. The van der Waals surface area contributed by atoms with E-state index in [4.69, 9.17) is 16.2 Å². The van der Waals surface area contributed by atoms with E-state index in [1.807, 2.05) is 5.57 Å². The van der Waals surface area contributed by atoms with Crippen LogP contribution in [0.25, 0.3) is 0 Å². The van der Waals surface area contributed by atoms with Gasteiger partial charge in [0.1, 0.15) is 0 Å². The molecule has 0 unspecified atom stereocenters. The molecular weight excluding hydrogens is 344 g/mol. The molecule has 1 N–H and O–H groups in total. The zero-order valence-corrected chi connectivity index (χ0v) is 16.2. The molecule has 0 aromatic heterocycles. The molecule has 1 aromatic rings. The molecule has 0 saturated heterocycles. The highest BCUT2D eigenvalue weighted by molar-refractivity contribution is 7.85. The number of rotatable bonds is 3. The van der Waals surface area contributed by atoms with Crippen LogP contribution in [-0.2, 0) is 10.1 Å². The molecule has 2 fully saturated rings. The topological polar surface area (TPSA) is 54.4 Å². The van der Waals surface area contributed by atoms with Gasteiger partial charge in [0.2, 0.25) is 0 Å². The zero-order valence-electron chi connectivity index (χ0n) is 14.6. The summed E-state index contributed by atoms with van der Waals surface area (Å²) in [7, 11) is -4.11. The van der Waals surface area contributed by atoms with Gasteiger partial charge in [-0.2, -0.15) is 8.42 Å². The largest absolute Gasteiger partial charge is 0.294 e. The fraction of sp³-hybridized carbons (Fsp3) is 0.579. The lowest BCUT2D eigenvalue weighted by atomic mass is 10.0. The van der Waals surface area contributed by atoms with E-state index in [9.17, 15) is 8.42 Å². The monoisotopic (exact) mass is 370 g/mol. The Bertz CT molecular complexity index is 685. The number of halogens is 1. The Morgan fingerprint density at radius 1 is 1.21 bits per heavy atom. The van der Waals surface area contributed by atoms with E-state index >= 15 is 0 Å². The highest BCUT2D eigenvalue weighted by Gasteiger charge is 2.35. The molecule has 0 spiro atoms. The Morgan fingerprint density at radius 2 is 1.75 bits per heavy atom. The van der Waals surface area contributed by atoms with Gasteiger partial charge in [-0.15, -0.1) is 0 Å². The summed E-state index contributed by atoms with van der Waals surface area (Å²) >= 11 is 5.59. The van der Waals surface area contributed by atoms with Crippen LogP contribution in [0.2, 0.25) is 5.02 Å². The fourth-order valence-electron chi connectivity index (χ4n) is 3.70. The second kappa shape index (κ2) is 8.03. The SMILES string of the molecule is CC(C)CC=C1C2CCC1CC2.Cc1cc(Cl)ccc1S(=O)(=O)O. The molecule has 2 aliphatic rings. The summed E-state index contributed by atoms with van der Waals surface area (Å²) in [6, 6.07) is 4.16. The third kappa shape index (κ3) is 5.08. The van der Waals surface area contributed by atoms with Crippen molar-refractivity contribution in [2.45, 2.75) is 57.8 Å². The Labute approximate surface area is 150 Å². The first-order valence-corrected chi connectivity index (χ1v) is 10.4. The van der Waals surface area contributed by atoms with Crippen molar-refractivity contribution in [1.82, 2.24) is 0 Å². The molecule has 134 valence electrons. The number of allylic oxidation sites excluding steroid dienone is 2. The van der Waals surface area contributed by atoms with Crippen LogP contribution in [0.4, 0.5) is 0 Å². The summed E-state index contributed by atoms with van der Waals surface area (Å²) in [6.45, 7) is 6.19. The van der Waals surface area contributed by atoms with Gasteiger partial charge in [-0.1, -0.05) is 37.1 Å². The van der Waals surface area contributed by atoms with Crippen LogP contribution in [-0.4, -0.2) is 13.0 Å². The van der Waals surface area contributed by atoms with Gasteiger partial charge < -0.3 is 0 Å². The average molecular weight is 371 g/mol. The Kier molecular flexibility index (Phi) is 6.52. The highest BCUT2D eigenvalue weighted by atomic mass is 35.5. The summed E-state index contributed by atoms with van der Waals surface area (Å²) in [5.41, 5.74) is 2.27. The van der Waals surface area contributed by atoms with Crippen LogP contribution in [0.5, 0.6) is 0 Å². The van der Waals surface area contributed by atoms with Crippen molar-refractivity contribution in [3.63, 3.8) is 0 Å². The minimum Gasteiger partial charge on any atom is -0.282 e. The maximum Gasteiger partial charge on any atom is 0.294 e. The number of aryl methyl sites for hydroxylation is 1. The van der Waals surface area contributed by atoms with Crippen molar-refractivity contribution in [3.8, 4) is 0 Å². The van der Waals surface area contributed by atoms with E-state index in [1.54, 1.807) is 6.92 Å². The van der Waals surface area contributed by atoms with Crippen LogP contribution < -0.4 is 0 Å². The lowest BCUT2D eigenvalue weighted by molar-refractivity contribution is 0.480. The maximum absolute atomic E-state index is 10.7. The van der Waals surface area contributed by atoms with Crippen molar-refractivity contribution in [3.05, 3.63) is 40.4 Å². The van der Waals surface area contributed by atoms with Gasteiger partial charge in [-0.3, -0.25) is 4.55 Å². The van der Waals surface area contributed by atoms with Crippen LogP contribution in [0.3, 0.4) is 0 Å². The van der Waals surface area contributed by atoms with E-state index in [0.717, 1.165) is 17.8 Å². The summed E-state index contributed by atoms with van der Waals surface area (Å²) in [4.78, 5) is -0.105. The minimum atomic E-state index is -4.11. The molecular formula is C19H27ClO3S. The second-order valence-corrected chi connectivity index (χ2v) is 9.09. The minimum absolute atomic E-state index is 0.105. The van der Waals surface area contributed by atoms with Gasteiger partial charge in [-0.25, -0.2) is 0 Å². The second-order valence-electron chi connectivity index (χ2n) is 7.27. The van der Waals surface area contributed by atoms with Gasteiger partial charge in [0.05, 0.1) is 4.90 Å². The van der Waals surface area contributed by atoms with Crippen molar-refractivity contribution >= 4 is 21.7 Å². The van der Waals surface area contributed by atoms with Gasteiger partial charge in [0.15, 0.2) is 0 Å². The van der Waals surface area contributed by atoms with E-state index in [-0.39, 0.29) is 4.90 Å². The van der Waals surface area contributed by atoms with Crippen molar-refractivity contribution < 1.29 is 13.0 Å². The Balaban J connectivity index is 0.000000174. The van der Waals surface area contributed by atoms with Gasteiger partial charge in [-0.05, 0) is 80.5 Å². The summed E-state index contributed by atoms with van der Waals surface area (Å²) < 4.78 is 30.0. The predicted molar refractivity (Wildman–Crippen MR) is 99.0 cm³/mol. The maximum atomic E-state index is 10.7.